The molecule has 0 unspecified atom stereocenters. The Morgan fingerprint density at radius 3 is 2.64 bits per heavy atom. The standard InChI is InChI=1S/C8H12BrNO2S2/c1-8(2,6-9)10-14(11,12)7-4-3-5-13-7/h3-5,10H,6H2,1-2H3. The fourth-order valence-corrected chi connectivity index (χ4v) is 3.59. The summed E-state index contributed by atoms with van der Waals surface area (Å²) in [7, 11) is -3.35. The molecule has 1 aromatic heterocycles. The summed E-state index contributed by atoms with van der Waals surface area (Å²) in [5, 5.41) is 2.32. The van der Waals surface area contributed by atoms with Crippen molar-refractivity contribution in [3.05, 3.63) is 17.5 Å². The molecule has 0 aliphatic carbocycles. The first-order chi connectivity index (χ1) is 6.37. The van der Waals surface area contributed by atoms with Crippen molar-refractivity contribution in [1.82, 2.24) is 4.72 Å². The van der Waals surface area contributed by atoms with Gasteiger partial charge in [-0.15, -0.1) is 11.3 Å². The van der Waals surface area contributed by atoms with Crippen molar-refractivity contribution >= 4 is 37.3 Å². The van der Waals surface area contributed by atoms with Crippen molar-refractivity contribution in [1.29, 1.82) is 0 Å². The van der Waals surface area contributed by atoms with Gasteiger partial charge in [-0.2, -0.15) is 0 Å². The molecule has 14 heavy (non-hydrogen) atoms. The second-order valence-corrected chi connectivity index (χ2v) is 6.97. The van der Waals surface area contributed by atoms with Crippen LogP contribution < -0.4 is 4.72 Å². The molecule has 0 spiro atoms. The Bertz CT molecular complexity index is 383. The number of nitrogens with one attached hydrogen (secondary N) is 1. The van der Waals surface area contributed by atoms with Crippen LogP contribution >= 0.6 is 27.3 Å². The Labute approximate surface area is 96.7 Å². The Balaban J connectivity index is 2.89. The fourth-order valence-electron chi connectivity index (χ4n) is 0.858. The predicted molar refractivity (Wildman–Crippen MR) is 62.5 cm³/mol. The minimum absolute atomic E-state index is 0.353. The number of hydrogen-bond acceptors (Lipinski definition) is 3. The lowest BCUT2D eigenvalue weighted by molar-refractivity contribution is 0.502. The summed E-state index contributed by atoms with van der Waals surface area (Å²) >= 11 is 4.48. The maximum Gasteiger partial charge on any atom is 0.250 e. The zero-order valence-corrected chi connectivity index (χ0v) is 11.2. The fraction of sp³-hybridized carbons (Fsp3) is 0.500. The topological polar surface area (TPSA) is 46.2 Å². The lowest BCUT2D eigenvalue weighted by Crippen LogP contribution is -2.44. The quantitative estimate of drug-likeness (QED) is 0.866. The monoisotopic (exact) mass is 297 g/mol. The highest BCUT2D eigenvalue weighted by molar-refractivity contribution is 9.09. The molecule has 0 bridgehead atoms. The molecule has 0 aliphatic rings. The highest BCUT2D eigenvalue weighted by Gasteiger charge is 2.25. The number of sulfonamides is 1. The van der Waals surface area contributed by atoms with Crippen molar-refractivity contribution < 1.29 is 8.42 Å². The molecule has 1 N–H and O–H groups in total. The molecule has 1 heterocycles. The van der Waals surface area contributed by atoms with Gasteiger partial charge >= 0.3 is 0 Å². The molecule has 80 valence electrons. The molecule has 6 heteroatoms. The van der Waals surface area contributed by atoms with Gasteiger partial charge in [0.15, 0.2) is 0 Å². The molecular weight excluding hydrogens is 286 g/mol. The van der Waals surface area contributed by atoms with Crippen LogP contribution in [0.4, 0.5) is 0 Å². The van der Waals surface area contributed by atoms with Gasteiger partial charge in [0.05, 0.1) is 0 Å². The minimum atomic E-state index is -3.35. The van der Waals surface area contributed by atoms with Crippen LogP contribution in [0.1, 0.15) is 13.8 Å². The van der Waals surface area contributed by atoms with Gasteiger partial charge < -0.3 is 0 Å². The summed E-state index contributed by atoms with van der Waals surface area (Å²) in [6, 6.07) is 3.32. The molecular formula is C8H12BrNO2S2. The highest BCUT2D eigenvalue weighted by Crippen LogP contribution is 2.18. The van der Waals surface area contributed by atoms with E-state index in [9.17, 15) is 8.42 Å². The third kappa shape index (κ3) is 3.05. The van der Waals surface area contributed by atoms with Crippen LogP contribution in [0, 0.1) is 0 Å². The molecule has 0 saturated heterocycles. The average Bonchev–Trinajstić information content (AvgIpc) is 2.54. The van der Waals surface area contributed by atoms with E-state index in [1.165, 1.54) is 11.3 Å². The molecule has 0 atom stereocenters. The molecule has 0 aromatic carbocycles. The van der Waals surface area contributed by atoms with Crippen LogP contribution in [-0.4, -0.2) is 19.3 Å². The number of thiophene rings is 1. The largest absolute Gasteiger partial charge is 0.250 e. The normalized spacial score (nSPS) is 13.1. The smallest absolute Gasteiger partial charge is 0.206 e. The Hall–Kier alpha value is 0.0900. The summed E-state index contributed by atoms with van der Waals surface area (Å²) in [4.78, 5) is 0. The lowest BCUT2D eigenvalue weighted by Gasteiger charge is -2.22. The van der Waals surface area contributed by atoms with Crippen LogP contribution in [0.25, 0.3) is 0 Å². The molecule has 0 radical (unpaired) electrons. The maximum absolute atomic E-state index is 11.7. The molecule has 3 nitrogen and oxygen atoms in total. The summed E-state index contributed by atoms with van der Waals surface area (Å²) in [5.74, 6) is 0. The van der Waals surface area contributed by atoms with E-state index in [0.29, 0.717) is 9.54 Å². The van der Waals surface area contributed by atoms with Gasteiger partial charge in [0.25, 0.3) is 10.0 Å². The molecule has 1 aromatic rings. The molecule has 1 rings (SSSR count). The van der Waals surface area contributed by atoms with Crippen LogP contribution in [-0.2, 0) is 10.0 Å². The summed E-state index contributed by atoms with van der Waals surface area (Å²) < 4.78 is 26.5. The highest BCUT2D eigenvalue weighted by atomic mass is 79.9. The third-order valence-corrected chi connectivity index (χ3v) is 6.00. The van der Waals surface area contributed by atoms with E-state index in [4.69, 9.17) is 0 Å². The van der Waals surface area contributed by atoms with Crippen molar-refractivity contribution in [3.63, 3.8) is 0 Å². The second kappa shape index (κ2) is 4.30. The predicted octanol–water partition coefficient (Wildman–Crippen LogP) is 2.20. The van der Waals surface area contributed by atoms with Crippen molar-refractivity contribution in [3.8, 4) is 0 Å². The first kappa shape index (κ1) is 12.2. The molecule has 0 saturated carbocycles. The molecule has 0 amide bonds. The van der Waals surface area contributed by atoms with Gasteiger partial charge in [0, 0.05) is 10.9 Å². The van der Waals surface area contributed by atoms with Crippen LogP contribution in [0.5, 0.6) is 0 Å². The van der Waals surface area contributed by atoms with Crippen molar-refractivity contribution in [2.24, 2.45) is 0 Å². The van der Waals surface area contributed by atoms with Crippen LogP contribution in [0.2, 0.25) is 0 Å². The van der Waals surface area contributed by atoms with Crippen LogP contribution in [0.15, 0.2) is 21.7 Å². The number of alkyl halides is 1. The summed E-state index contributed by atoms with van der Waals surface area (Å²) in [5.41, 5.74) is -0.469. The minimum Gasteiger partial charge on any atom is -0.206 e. The summed E-state index contributed by atoms with van der Waals surface area (Å²) in [6.45, 7) is 3.65. The third-order valence-electron chi connectivity index (χ3n) is 1.50. The van der Waals surface area contributed by atoms with Gasteiger partial charge in [0.1, 0.15) is 4.21 Å². The first-order valence-corrected chi connectivity index (χ1v) is 7.49. The van der Waals surface area contributed by atoms with Gasteiger partial charge in [-0.25, -0.2) is 13.1 Å². The first-order valence-electron chi connectivity index (χ1n) is 4.01. The number of hydrogen-bond donors (Lipinski definition) is 1. The zero-order chi connectivity index (χ0) is 10.8. The number of rotatable bonds is 4. The van der Waals surface area contributed by atoms with Gasteiger partial charge in [0.2, 0.25) is 0 Å². The summed E-state index contributed by atoms with van der Waals surface area (Å²) in [6.07, 6.45) is 0. The zero-order valence-electron chi connectivity index (χ0n) is 7.95. The Kier molecular flexibility index (Phi) is 3.74. The van der Waals surface area contributed by atoms with Crippen molar-refractivity contribution in [2.45, 2.75) is 23.6 Å². The van der Waals surface area contributed by atoms with E-state index in [1.807, 2.05) is 13.8 Å². The Morgan fingerprint density at radius 1 is 1.57 bits per heavy atom. The average molecular weight is 298 g/mol. The van der Waals surface area contributed by atoms with E-state index in [-0.39, 0.29) is 0 Å². The van der Waals surface area contributed by atoms with Crippen molar-refractivity contribution in [2.75, 3.05) is 5.33 Å². The van der Waals surface area contributed by atoms with E-state index < -0.39 is 15.6 Å². The second-order valence-electron chi connectivity index (χ2n) is 3.56. The van der Waals surface area contributed by atoms with Gasteiger partial charge in [-0.1, -0.05) is 22.0 Å². The van der Waals surface area contributed by atoms with Crippen LogP contribution in [0.3, 0.4) is 0 Å². The molecule has 0 aliphatic heterocycles. The van der Waals surface area contributed by atoms with Gasteiger partial charge in [-0.05, 0) is 25.3 Å². The van der Waals surface area contributed by atoms with E-state index in [0.717, 1.165) is 0 Å². The van der Waals surface area contributed by atoms with Gasteiger partial charge in [-0.3, -0.25) is 0 Å². The van der Waals surface area contributed by atoms with E-state index in [1.54, 1.807) is 17.5 Å². The lowest BCUT2D eigenvalue weighted by atomic mass is 10.1. The SMILES string of the molecule is CC(C)(CBr)NS(=O)(=O)c1cccs1. The number of halogens is 1. The van der Waals surface area contributed by atoms with E-state index in [2.05, 4.69) is 20.7 Å². The molecule has 0 fully saturated rings. The Morgan fingerprint density at radius 2 is 2.21 bits per heavy atom. The maximum atomic E-state index is 11.7. The van der Waals surface area contributed by atoms with E-state index >= 15 is 0 Å².